The topological polar surface area (TPSA) is 88.8 Å². The van der Waals surface area contributed by atoms with Gasteiger partial charge >= 0.3 is 0 Å². The molecule has 26 heavy (non-hydrogen) atoms. The number of amides is 1. The van der Waals surface area contributed by atoms with Crippen molar-refractivity contribution >= 4 is 11.9 Å². The highest BCUT2D eigenvalue weighted by molar-refractivity contribution is 5.78. The van der Waals surface area contributed by atoms with Gasteiger partial charge in [-0.3, -0.25) is 9.48 Å². The first-order valence-electron chi connectivity index (χ1n) is 9.24. The monoisotopic (exact) mass is 355 g/mol. The van der Waals surface area contributed by atoms with Crippen LogP contribution in [0.5, 0.6) is 0 Å². The van der Waals surface area contributed by atoms with Crippen LogP contribution in [0.25, 0.3) is 0 Å². The number of likely N-dealkylation sites (tertiary alicyclic amines) is 1. The lowest BCUT2D eigenvalue weighted by molar-refractivity contribution is -0.139. The van der Waals surface area contributed by atoms with Crippen molar-refractivity contribution in [2.75, 3.05) is 11.9 Å². The first-order chi connectivity index (χ1) is 12.5. The van der Waals surface area contributed by atoms with E-state index in [-0.39, 0.29) is 11.9 Å². The molecule has 1 N–H and O–H groups in total. The predicted molar refractivity (Wildman–Crippen MR) is 96.3 cm³/mol. The van der Waals surface area contributed by atoms with Crippen molar-refractivity contribution in [1.29, 1.82) is 0 Å². The molecule has 1 aliphatic heterocycles. The van der Waals surface area contributed by atoms with Crippen LogP contribution in [0.2, 0.25) is 0 Å². The van der Waals surface area contributed by atoms with Gasteiger partial charge in [0.1, 0.15) is 0 Å². The summed E-state index contributed by atoms with van der Waals surface area (Å²) in [7, 11) is 1.91. The van der Waals surface area contributed by atoms with Gasteiger partial charge in [-0.15, -0.1) is 5.10 Å². The molecule has 2 fully saturated rings. The minimum atomic E-state index is 0.0597. The molecule has 0 unspecified atom stereocenters. The van der Waals surface area contributed by atoms with E-state index in [1.807, 2.05) is 33.3 Å². The number of hydrogen-bond acceptors (Lipinski definition) is 6. The van der Waals surface area contributed by atoms with Crippen LogP contribution in [-0.2, 0) is 11.8 Å². The fourth-order valence-corrected chi connectivity index (χ4v) is 3.75. The molecule has 1 amide bonds. The highest BCUT2D eigenvalue weighted by Crippen LogP contribution is 2.43. The molecule has 138 valence electrons. The molecule has 2 aliphatic rings. The van der Waals surface area contributed by atoms with Crippen molar-refractivity contribution in [3.63, 3.8) is 0 Å². The van der Waals surface area contributed by atoms with E-state index in [9.17, 15) is 4.79 Å². The molecule has 1 saturated heterocycles. The predicted octanol–water partition coefficient (Wildman–Crippen LogP) is 1.78. The van der Waals surface area contributed by atoms with Gasteiger partial charge in [0.15, 0.2) is 0 Å². The van der Waals surface area contributed by atoms with Crippen LogP contribution in [-0.4, -0.2) is 48.4 Å². The highest BCUT2D eigenvalue weighted by Gasteiger charge is 2.44. The summed E-state index contributed by atoms with van der Waals surface area (Å²) in [6.45, 7) is 4.54. The standard InChI is InChI=1S/C18H25N7O/c1-11-12(2)22-23-18(21-11)19-8-13-4-7-16(26)25(15-5-6-15)17(13)14-9-20-24(3)10-14/h9-10,13,15,17H,4-8H2,1-3H3,(H,19,21,23)/t13-,17+/m1/s1. The Bertz CT molecular complexity index is 814. The van der Waals surface area contributed by atoms with Crippen molar-refractivity contribution < 1.29 is 4.79 Å². The number of anilines is 1. The number of aromatic nitrogens is 5. The molecule has 2 aromatic rings. The van der Waals surface area contributed by atoms with E-state index in [0.717, 1.165) is 36.2 Å². The zero-order chi connectivity index (χ0) is 18.3. The molecule has 1 saturated carbocycles. The number of rotatable bonds is 5. The van der Waals surface area contributed by atoms with Crippen molar-refractivity contribution in [2.24, 2.45) is 13.0 Å². The normalized spacial score (nSPS) is 23.3. The lowest BCUT2D eigenvalue weighted by Crippen LogP contribution is -2.46. The van der Waals surface area contributed by atoms with Crippen molar-refractivity contribution in [2.45, 2.75) is 51.6 Å². The first-order valence-corrected chi connectivity index (χ1v) is 9.24. The minimum Gasteiger partial charge on any atom is -0.353 e. The zero-order valence-corrected chi connectivity index (χ0v) is 15.5. The summed E-state index contributed by atoms with van der Waals surface area (Å²) in [5.41, 5.74) is 2.83. The second-order valence-electron chi connectivity index (χ2n) is 7.41. The van der Waals surface area contributed by atoms with Gasteiger partial charge in [0.25, 0.3) is 0 Å². The summed E-state index contributed by atoms with van der Waals surface area (Å²) < 4.78 is 1.81. The molecular formula is C18H25N7O. The maximum Gasteiger partial charge on any atom is 0.242 e. The van der Waals surface area contributed by atoms with Gasteiger partial charge in [-0.05, 0) is 33.1 Å². The molecule has 8 nitrogen and oxygen atoms in total. The van der Waals surface area contributed by atoms with Crippen LogP contribution >= 0.6 is 0 Å². The quantitative estimate of drug-likeness (QED) is 0.879. The van der Waals surface area contributed by atoms with Gasteiger partial charge < -0.3 is 10.2 Å². The molecule has 0 radical (unpaired) electrons. The third-order valence-corrected chi connectivity index (χ3v) is 5.38. The number of hydrogen-bond donors (Lipinski definition) is 1. The Morgan fingerprint density at radius 3 is 2.65 bits per heavy atom. The van der Waals surface area contributed by atoms with Gasteiger partial charge in [-0.1, -0.05) is 0 Å². The smallest absolute Gasteiger partial charge is 0.242 e. The Morgan fingerprint density at radius 1 is 1.19 bits per heavy atom. The zero-order valence-electron chi connectivity index (χ0n) is 15.5. The van der Waals surface area contributed by atoms with Gasteiger partial charge in [0, 0.05) is 43.7 Å². The van der Waals surface area contributed by atoms with Crippen molar-refractivity contribution in [1.82, 2.24) is 29.9 Å². The van der Waals surface area contributed by atoms with Crippen LogP contribution in [0.4, 0.5) is 5.95 Å². The van der Waals surface area contributed by atoms with Gasteiger partial charge in [-0.2, -0.15) is 10.2 Å². The highest BCUT2D eigenvalue weighted by atomic mass is 16.2. The summed E-state index contributed by atoms with van der Waals surface area (Å²) in [6.07, 6.45) is 7.58. The second kappa shape index (κ2) is 6.66. The van der Waals surface area contributed by atoms with E-state index in [1.165, 1.54) is 0 Å². The Kier molecular flexibility index (Phi) is 4.34. The fourth-order valence-electron chi connectivity index (χ4n) is 3.75. The molecule has 2 atom stereocenters. The molecule has 0 spiro atoms. The first kappa shape index (κ1) is 16.9. The number of piperidine rings is 1. The average Bonchev–Trinajstić information content (AvgIpc) is 3.37. The number of nitrogens with zero attached hydrogens (tertiary/aromatic N) is 6. The Morgan fingerprint density at radius 2 is 2.00 bits per heavy atom. The van der Waals surface area contributed by atoms with Gasteiger partial charge in [0.2, 0.25) is 11.9 Å². The van der Waals surface area contributed by atoms with Crippen molar-refractivity contribution in [3.05, 3.63) is 29.3 Å². The molecule has 0 bridgehead atoms. The van der Waals surface area contributed by atoms with Crippen LogP contribution in [0.3, 0.4) is 0 Å². The largest absolute Gasteiger partial charge is 0.353 e. The summed E-state index contributed by atoms with van der Waals surface area (Å²) in [5.74, 6) is 1.11. The summed E-state index contributed by atoms with van der Waals surface area (Å²) in [6, 6.07) is 0.444. The molecule has 3 heterocycles. The van der Waals surface area contributed by atoms with Gasteiger partial charge in [-0.25, -0.2) is 4.98 Å². The second-order valence-corrected chi connectivity index (χ2v) is 7.41. The number of aryl methyl sites for hydroxylation is 3. The van der Waals surface area contributed by atoms with E-state index < -0.39 is 0 Å². The van der Waals surface area contributed by atoms with Crippen molar-refractivity contribution in [3.8, 4) is 0 Å². The number of nitrogens with one attached hydrogen (secondary N) is 1. The Balaban J connectivity index is 1.56. The molecular weight excluding hydrogens is 330 g/mol. The molecule has 2 aromatic heterocycles. The van der Waals surface area contributed by atoms with E-state index in [4.69, 9.17) is 0 Å². The number of carbonyl (C=O) groups is 1. The Hall–Kier alpha value is -2.51. The van der Waals surface area contributed by atoms with Crippen LogP contribution in [0.1, 0.15) is 48.7 Å². The molecule has 4 rings (SSSR count). The van der Waals surface area contributed by atoms with Crippen LogP contribution < -0.4 is 5.32 Å². The maximum atomic E-state index is 12.6. The minimum absolute atomic E-state index is 0.0597. The lowest BCUT2D eigenvalue weighted by Gasteiger charge is -2.41. The van der Waals surface area contributed by atoms with E-state index >= 15 is 0 Å². The fraction of sp³-hybridized carbons (Fsp3) is 0.611. The summed E-state index contributed by atoms with van der Waals surface area (Å²) in [5, 5.41) is 15.9. The average molecular weight is 355 g/mol. The summed E-state index contributed by atoms with van der Waals surface area (Å²) >= 11 is 0. The molecule has 1 aliphatic carbocycles. The molecule has 0 aromatic carbocycles. The van der Waals surface area contributed by atoms with Gasteiger partial charge in [0.05, 0.1) is 23.6 Å². The SMILES string of the molecule is Cc1nnc(NC[C@H]2CCC(=O)N(C3CC3)[C@@H]2c2cnn(C)c2)nc1C. The maximum absolute atomic E-state index is 12.6. The van der Waals surface area contributed by atoms with Crippen LogP contribution in [0.15, 0.2) is 12.4 Å². The summed E-state index contributed by atoms with van der Waals surface area (Å²) in [4.78, 5) is 19.2. The Labute approximate surface area is 153 Å². The molecule has 8 heteroatoms. The van der Waals surface area contributed by atoms with E-state index in [0.29, 0.717) is 30.9 Å². The van der Waals surface area contributed by atoms with Crippen LogP contribution in [0, 0.1) is 19.8 Å². The third kappa shape index (κ3) is 3.27. The van der Waals surface area contributed by atoms with E-state index in [2.05, 4.69) is 30.5 Å². The third-order valence-electron chi connectivity index (χ3n) is 5.38. The lowest BCUT2D eigenvalue weighted by atomic mass is 9.85. The number of carbonyl (C=O) groups excluding carboxylic acids is 1. The van der Waals surface area contributed by atoms with E-state index in [1.54, 1.807) is 4.68 Å².